The average Bonchev–Trinajstić information content (AvgIpc) is 3.06. The molecule has 0 spiro atoms. The van der Waals surface area contributed by atoms with Crippen LogP contribution in [-0.4, -0.2) is 69.6 Å². The smallest absolute Gasteiger partial charge is 0.413 e. The van der Waals surface area contributed by atoms with Gasteiger partial charge in [0.15, 0.2) is 0 Å². The number of carbonyl (C=O) groups excluding carboxylic acids is 3. The lowest BCUT2D eigenvalue weighted by molar-refractivity contribution is -0.141. The second-order valence-corrected chi connectivity index (χ2v) is 11.8. The lowest BCUT2D eigenvalue weighted by Gasteiger charge is -2.20. The summed E-state index contributed by atoms with van der Waals surface area (Å²) < 4.78 is 15.9. The first-order valence-electron chi connectivity index (χ1n) is 16.1. The number of hydrogen-bond donors (Lipinski definition) is 6. The lowest BCUT2D eigenvalue weighted by Crippen LogP contribution is -2.46. The van der Waals surface area contributed by atoms with Crippen LogP contribution in [0.3, 0.4) is 0 Å². The van der Waals surface area contributed by atoms with Crippen molar-refractivity contribution in [3.05, 3.63) is 53.6 Å². The van der Waals surface area contributed by atoms with Crippen molar-refractivity contribution in [1.29, 1.82) is 0 Å². The maximum absolute atomic E-state index is 12.7. The zero-order chi connectivity index (χ0) is 37.5. The molecule has 0 aliphatic rings. The number of nitrogens with one attached hydrogen (secondary N) is 3. The van der Waals surface area contributed by atoms with Gasteiger partial charge in [0.25, 0.3) is 0 Å². The van der Waals surface area contributed by atoms with Gasteiger partial charge in [0.05, 0.1) is 0 Å². The standard InChI is InChI=1S/C35H45N3O12/c1-7-19(4)27(30(39)40)36-33(45)48-24-14-12-22(13-15-24)10-11-23-16-25(49-34(46)37-28(31(41)42)20(5)8-2)18-26(17-23)50-35(47)38-29(32(43)44)21(6)9-3/h10-21,27-29H,7-9H2,1-6H3,(H,36,45)(H,37,46)(H,38,47)(H,39,40)(H,41,42)(H,43,44)/b11-10+/t19-,20-,21-,27-,28-,29-/m0/s1. The van der Waals surface area contributed by atoms with Crippen molar-refractivity contribution >= 4 is 48.3 Å². The molecule has 2 aromatic rings. The monoisotopic (exact) mass is 699 g/mol. The minimum absolute atomic E-state index is 0.107. The second-order valence-electron chi connectivity index (χ2n) is 11.8. The topological polar surface area (TPSA) is 227 Å². The van der Waals surface area contributed by atoms with Gasteiger partial charge in [0.1, 0.15) is 35.4 Å². The van der Waals surface area contributed by atoms with Gasteiger partial charge < -0.3 is 45.5 Å². The zero-order valence-corrected chi connectivity index (χ0v) is 28.8. The molecule has 6 N–H and O–H groups in total. The van der Waals surface area contributed by atoms with Crippen LogP contribution in [0.4, 0.5) is 14.4 Å². The molecule has 50 heavy (non-hydrogen) atoms. The summed E-state index contributed by atoms with van der Waals surface area (Å²) in [6.45, 7) is 10.4. The Bertz CT molecular complexity index is 1480. The van der Waals surface area contributed by atoms with Gasteiger partial charge in [-0.3, -0.25) is 0 Å². The van der Waals surface area contributed by atoms with Gasteiger partial charge >= 0.3 is 36.2 Å². The van der Waals surface area contributed by atoms with E-state index in [0.29, 0.717) is 30.4 Å². The van der Waals surface area contributed by atoms with E-state index in [2.05, 4.69) is 16.0 Å². The molecule has 3 amide bonds. The van der Waals surface area contributed by atoms with E-state index in [1.165, 1.54) is 30.3 Å². The highest BCUT2D eigenvalue weighted by Gasteiger charge is 2.28. The molecule has 0 saturated carbocycles. The third kappa shape index (κ3) is 12.8. The summed E-state index contributed by atoms with van der Waals surface area (Å²) in [5.74, 6) is -4.83. The third-order valence-corrected chi connectivity index (χ3v) is 8.14. The molecule has 272 valence electrons. The highest BCUT2D eigenvalue weighted by Crippen LogP contribution is 2.26. The van der Waals surface area contributed by atoms with Crippen molar-refractivity contribution in [1.82, 2.24) is 16.0 Å². The lowest BCUT2D eigenvalue weighted by atomic mass is 10.00. The van der Waals surface area contributed by atoms with E-state index in [1.54, 1.807) is 65.8 Å². The van der Waals surface area contributed by atoms with E-state index in [0.717, 1.165) is 0 Å². The third-order valence-electron chi connectivity index (χ3n) is 8.14. The summed E-state index contributed by atoms with van der Waals surface area (Å²) in [4.78, 5) is 72.5. The van der Waals surface area contributed by atoms with E-state index in [9.17, 15) is 44.1 Å². The Morgan fingerprint density at radius 3 is 1.18 bits per heavy atom. The number of amides is 3. The minimum Gasteiger partial charge on any atom is -0.480 e. The molecule has 15 heteroatoms. The first-order chi connectivity index (χ1) is 23.6. The van der Waals surface area contributed by atoms with E-state index in [1.807, 2.05) is 0 Å². The number of benzene rings is 2. The summed E-state index contributed by atoms with van der Waals surface area (Å²) in [5, 5.41) is 35.4. The van der Waals surface area contributed by atoms with Crippen LogP contribution in [0.15, 0.2) is 42.5 Å². The van der Waals surface area contributed by atoms with Gasteiger partial charge in [-0.1, -0.05) is 85.1 Å². The number of ether oxygens (including phenoxy) is 3. The number of rotatable bonds is 17. The van der Waals surface area contributed by atoms with E-state index in [-0.39, 0.29) is 23.2 Å². The molecule has 6 atom stereocenters. The van der Waals surface area contributed by atoms with Gasteiger partial charge in [-0.15, -0.1) is 0 Å². The minimum atomic E-state index is -1.24. The molecular weight excluding hydrogens is 654 g/mol. The van der Waals surface area contributed by atoms with Crippen LogP contribution in [0, 0.1) is 17.8 Å². The number of carbonyl (C=O) groups is 6. The average molecular weight is 700 g/mol. The molecule has 2 rings (SSSR count). The molecular formula is C35H45N3O12. The zero-order valence-electron chi connectivity index (χ0n) is 28.8. The maximum Gasteiger partial charge on any atom is 0.413 e. The van der Waals surface area contributed by atoms with Crippen LogP contribution in [0.5, 0.6) is 17.2 Å². The molecule has 0 heterocycles. The summed E-state index contributed by atoms with van der Waals surface area (Å²) >= 11 is 0. The van der Waals surface area contributed by atoms with Crippen molar-refractivity contribution in [3.8, 4) is 17.2 Å². The predicted molar refractivity (Wildman–Crippen MR) is 182 cm³/mol. The molecule has 0 fully saturated rings. The molecule has 0 saturated heterocycles. The summed E-state index contributed by atoms with van der Waals surface area (Å²) in [6.07, 6.45) is 1.67. The Hall–Kier alpha value is -5.60. The highest BCUT2D eigenvalue weighted by atomic mass is 16.6. The number of hydrogen-bond acceptors (Lipinski definition) is 9. The fourth-order valence-electron chi connectivity index (χ4n) is 4.49. The van der Waals surface area contributed by atoms with Crippen LogP contribution >= 0.6 is 0 Å². The summed E-state index contributed by atoms with van der Waals surface area (Å²) in [5.41, 5.74) is 0.997. The van der Waals surface area contributed by atoms with Crippen LogP contribution in [0.2, 0.25) is 0 Å². The van der Waals surface area contributed by atoms with Gasteiger partial charge in [0.2, 0.25) is 0 Å². The van der Waals surface area contributed by atoms with Crippen molar-refractivity contribution in [3.63, 3.8) is 0 Å². The Kier molecular flexibility index (Phi) is 15.8. The fourth-order valence-corrected chi connectivity index (χ4v) is 4.49. The Balaban J connectivity index is 2.30. The summed E-state index contributed by atoms with van der Waals surface area (Å²) in [6, 6.07) is 6.73. The Morgan fingerprint density at radius 1 is 0.540 bits per heavy atom. The quantitative estimate of drug-likeness (QED) is 0.111. The molecule has 0 aliphatic carbocycles. The molecule has 0 unspecified atom stereocenters. The Morgan fingerprint density at radius 2 is 0.860 bits per heavy atom. The molecule has 2 aromatic carbocycles. The van der Waals surface area contributed by atoms with Gasteiger partial charge in [-0.05, 0) is 53.1 Å². The molecule has 0 radical (unpaired) electrons. The van der Waals surface area contributed by atoms with Crippen LogP contribution in [-0.2, 0) is 14.4 Å². The van der Waals surface area contributed by atoms with E-state index < -0.39 is 66.1 Å². The first kappa shape index (κ1) is 40.6. The Labute approximate surface area is 290 Å². The van der Waals surface area contributed by atoms with Crippen LogP contribution in [0.25, 0.3) is 12.2 Å². The van der Waals surface area contributed by atoms with Gasteiger partial charge in [0, 0.05) is 6.07 Å². The predicted octanol–water partition coefficient (Wildman–Crippen LogP) is 5.62. The molecule has 0 aromatic heterocycles. The van der Waals surface area contributed by atoms with Crippen molar-refractivity contribution in [2.75, 3.05) is 0 Å². The largest absolute Gasteiger partial charge is 0.480 e. The second kappa shape index (κ2) is 19.4. The van der Waals surface area contributed by atoms with Crippen LogP contribution < -0.4 is 30.2 Å². The highest BCUT2D eigenvalue weighted by molar-refractivity contribution is 5.83. The van der Waals surface area contributed by atoms with Gasteiger partial charge in [-0.2, -0.15) is 0 Å². The van der Waals surface area contributed by atoms with Crippen molar-refractivity contribution < 1.29 is 58.3 Å². The van der Waals surface area contributed by atoms with Crippen molar-refractivity contribution in [2.24, 2.45) is 17.8 Å². The molecule has 0 bridgehead atoms. The maximum atomic E-state index is 12.7. The van der Waals surface area contributed by atoms with E-state index >= 15 is 0 Å². The van der Waals surface area contributed by atoms with Gasteiger partial charge in [-0.25, -0.2) is 28.8 Å². The first-order valence-corrected chi connectivity index (χ1v) is 16.1. The van der Waals surface area contributed by atoms with Crippen LogP contribution in [0.1, 0.15) is 71.9 Å². The fraction of sp³-hybridized carbons (Fsp3) is 0.429. The number of carboxylic acids is 3. The van der Waals surface area contributed by atoms with E-state index in [4.69, 9.17) is 14.2 Å². The summed E-state index contributed by atoms with van der Waals surface area (Å²) in [7, 11) is 0. The number of carboxylic acid groups (broad SMARTS) is 3. The molecule has 15 nitrogen and oxygen atoms in total. The van der Waals surface area contributed by atoms with Crippen molar-refractivity contribution in [2.45, 2.75) is 78.9 Å². The SMILES string of the molecule is CC[C@H](C)[C@H](NC(=O)Oc1ccc(/C=C/c2cc(OC(=O)N[C@H](C(=O)O)[C@@H](C)CC)cc(OC(=O)N[C@H](C(=O)O)[C@@H](C)CC)c2)cc1)C(=O)O. The number of aliphatic carboxylic acids is 3. The molecule has 0 aliphatic heterocycles. The normalized spacial score (nSPS) is 14.6.